The Kier molecular flexibility index (Phi) is 7.10. The van der Waals surface area contributed by atoms with E-state index in [1.54, 1.807) is 0 Å². The van der Waals surface area contributed by atoms with Crippen molar-refractivity contribution in [1.29, 1.82) is 0 Å². The Morgan fingerprint density at radius 3 is 1.77 bits per heavy atom. The molecule has 0 heterocycles. The lowest BCUT2D eigenvalue weighted by Crippen LogP contribution is -2.26. The molecule has 0 saturated carbocycles. The number of alkyl halides is 6. The summed E-state index contributed by atoms with van der Waals surface area (Å²) in [5, 5.41) is 10.6. The summed E-state index contributed by atoms with van der Waals surface area (Å²) in [6.07, 6.45) is -9.83. The van der Waals surface area contributed by atoms with Gasteiger partial charge in [-0.3, -0.25) is 9.59 Å². The molecule has 0 aliphatic heterocycles. The van der Waals surface area contributed by atoms with Crippen molar-refractivity contribution in [2.75, 3.05) is 19.8 Å². The predicted octanol–water partition coefficient (Wildman–Crippen LogP) is 2.77. The molecule has 0 aliphatic rings. The number of benzene rings is 1. The fourth-order valence-corrected chi connectivity index (χ4v) is 1.58. The number of carbonyl (C=O) groups is 2. The fourth-order valence-electron chi connectivity index (χ4n) is 1.58. The van der Waals surface area contributed by atoms with E-state index in [0.717, 1.165) is 18.2 Å². The number of carboxylic acids is 1. The van der Waals surface area contributed by atoms with Gasteiger partial charge in [-0.1, -0.05) is 0 Å². The molecule has 0 fully saturated rings. The first-order chi connectivity index (χ1) is 11.9. The zero-order chi connectivity index (χ0) is 20.0. The lowest BCUT2D eigenvalue weighted by molar-refractivity contribution is -0.154. The van der Waals surface area contributed by atoms with E-state index in [-0.39, 0.29) is 12.1 Å². The van der Waals surface area contributed by atoms with E-state index in [0.29, 0.717) is 0 Å². The van der Waals surface area contributed by atoms with Gasteiger partial charge in [-0.15, -0.1) is 0 Å². The number of amides is 1. The summed E-state index contributed by atoms with van der Waals surface area (Å²) in [5.41, 5.74) is -0.354. The zero-order valence-electron chi connectivity index (χ0n) is 12.9. The van der Waals surface area contributed by atoms with E-state index in [4.69, 9.17) is 5.11 Å². The van der Waals surface area contributed by atoms with E-state index in [1.165, 1.54) is 0 Å². The Bertz CT molecular complexity index is 607. The molecule has 0 bridgehead atoms. The van der Waals surface area contributed by atoms with Crippen molar-refractivity contribution in [3.63, 3.8) is 0 Å². The number of halogens is 6. The van der Waals surface area contributed by atoms with Crippen molar-refractivity contribution in [2.45, 2.75) is 18.8 Å². The van der Waals surface area contributed by atoms with Crippen LogP contribution in [-0.4, -0.2) is 49.1 Å². The predicted molar refractivity (Wildman–Crippen MR) is 74.1 cm³/mol. The molecule has 146 valence electrons. The van der Waals surface area contributed by atoms with E-state index in [9.17, 15) is 35.9 Å². The van der Waals surface area contributed by atoms with Crippen molar-refractivity contribution in [1.82, 2.24) is 5.32 Å². The molecule has 0 saturated heterocycles. The van der Waals surface area contributed by atoms with Gasteiger partial charge in [0.05, 0.1) is 6.42 Å². The second-order valence-electron chi connectivity index (χ2n) is 4.90. The van der Waals surface area contributed by atoms with Crippen LogP contribution in [0.5, 0.6) is 11.5 Å². The molecule has 0 atom stereocenters. The first kappa shape index (κ1) is 21.4. The summed E-state index contributed by atoms with van der Waals surface area (Å²) in [6, 6.07) is 2.50. The topological polar surface area (TPSA) is 84.9 Å². The summed E-state index contributed by atoms with van der Waals surface area (Å²) in [6.45, 7) is -3.74. The summed E-state index contributed by atoms with van der Waals surface area (Å²) >= 11 is 0. The molecule has 12 heteroatoms. The van der Waals surface area contributed by atoms with E-state index in [1.807, 2.05) is 0 Å². The van der Waals surface area contributed by atoms with Crippen LogP contribution in [0.15, 0.2) is 18.2 Å². The van der Waals surface area contributed by atoms with Gasteiger partial charge in [-0.2, -0.15) is 26.3 Å². The first-order valence-electron chi connectivity index (χ1n) is 6.90. The van der Waals surface area contributed by atoms with Crippen LogP contribution in [-0.2, 0) is 4.79 Å². The molecule has 0 aromatic heterocycles. The van der Waals surface area contributed by atoms with Gasteiger partial charge in [-0.25, -0.2) is 0 Å². The Hall–Kier alpha value is -2.66. The highest BCUT2D eigenvalue weighted by Gasteiger charge is 2.30. The smallest absolute Gasteiger partial charge is 0.422 e. The van der Waals surface area contributed by atoms with E-state index < -0.39 is 55.4 Å². The van der Waals surface area contributed by atoms with Crippen LogP contribution in [0.25, 0.3) is 0 Å². The number of carboxylic acid groups (broad SMARTS) is 1. The number of ether oxygens (including phenoxy) is 2. The monoisotopic (exact) mass is 389 g/mol. The highest BCUT2D eigenvalue weighted by molar-refractivity contribution is 5.95. The normalized spacial score (nSPS) is 11.8. The Morgan fingerprint density at radius 2 is 1.38 bits per heavy atom. The quantitative estimate of drug-likeness (QED) is 0.668. The molecular formula is C14H13F6NO5. The average Bonchev–Trinajstić information content (AvgIpc) is 2.49. The standard InChI is InChI=1S/C14H13F6NO5/c15-13(16,17)6-25-9-3-8(12(24)21-2-1-11(22)23)4-10(5-9)26-7-14(18,19)20/h3-5H,1-2,6-7H2,(H,21,24)(H,22,23). The molecule has 1 rings (SSSR count). The number of rotatable bonds is 8. The molecule has 1 aromatic carbocycles. The molecule has 1 aromatic rings. The lowest BCUT2D eigenvalue weighted by atomic mass is 10.2. The Morgan fingerprint density at radius 1 is 0.923 bits per heavy atom. The summed E-state index contributed by atoms with van der Waals surface area (Å²) in [5.74, 6) is -3.20. The third kappa shape index (κ3) is 8.99. The van der Waals surface area contributed by atoms with Gasteiger partial charge in [-0.05, 0) is 12.1 Å². The minimum Gasteiger partial charge on any atom is -0.484 e. The highest BCUT2D eigenvalue weighted by Crippen LogP contribution is 2.27. The molecule has 0 unspecified atom stereocenters. The van der Waals surface area contributed by atoms with Gasteiger partial charge in [0.1, 0.15) is 11.5 Å². The maximum atomic E-state index is 12.2. The van der Waals surface area contributed by atoms with Crippen molar-refractivity contribution in [3.8, 4) is 11.5 Å². The molecule has 6 nitrogen and oxygen atoms in total. The van der Waals surface area contributed by atoms with Gasteiger partial charge in [0.15, 0.2) is 13.2 Å². The van der Waals surface area contributed by atoms with Crippen LogP contribution in [0, 0.1) is 0 Å². The number of aliphatic carboxylic acids is 1. The van der Waals surface area contributed by atoms with Gasteiger partial charge >= 0.3 is 18.3 Å². The molecule has 0 spiro atoms. The third-order valence-electron chi connectivity index (χ3n) is 2.57. The zero-order valence-corrected chi connectivity index (χ0v) is 12.9. The maximum Gasteiger partial charge on any atom is 0.422 e. The number of hydrogen-bond donors (Lipinski definition) is 2. The third-order valence-corrected chi connectivity index (χ3v) is 2.57. The Balaban J connectivity index is 2.95. The first-order valence-corrected chi connectivity index (χ1v) is 6.90. The Labute approximate surface area is 142 Å². The van der Waals surface area contributed by atoms with Crippen LogP contribution < -0.4 is 14.8 Å². The molecule has 26 heavy (non-hydrogen) atoms. The fraction of sp³-hybridized carbons (Fsp3) is 0.429. The van der Waals surface area contributed by atoms with Gasteiger partial charge < -0.3 is 19.9 Å². The minimum absolute atomic E-state index is 0.291. The van der Waals surface area contributed by atoms with Crippen molar-refractivity contribution in [3.05, 3.63) is 23.8 Å². The van der Waals surface area contributed by atoms with Crippen LogP contribution in [0.4, 0.5) is 26.3 Å². The van der Waals surface area contributed by atoms with Gasteiger partial charge in [0.25, 0.3) is 5.91 Å². The minimum atomic E-state index is -4.70. The molecule has 1 amide bonds. The molecule has 0 aliphatic carbocycles. The van der Waals surface area contributed by atoms with Crippen LogP contribution in [0.1, 0.15) is 16.8 Å². The van der Waals surface area contributed by atoms with Gasteiger partial charge in [0.2, 0.25) is 0 Å². The largest absolute Gasteiger partial charge is 0.484 e. The van der Waals surface area contributed by atoms with Crippen LogP contribution in [0.2, 0.25) is 0 Å². The van der Waals surface area contributed by atoms with Crippen LogP contribution in [0.3, 0.4) is 0 Å². The molecule has 2 N–H and O–H groups in total. The second kappa shape index (κ2) is 8.63. The number of hydrogen-bond acceptors (Lipinski definition) is 4. The lowest BCUT2D eigenvalue weighted by Gasteiger charge is -2.14. The summed E-state index contributed by atoms with van der Waals surface area (Å²) < 4.78 is 82.1. The van der Waals surface area contributed by atoms with Crippen molar-refractivity contribution < 1.29 is 50.5 Å². The van der Waals surface area contributed by atoms with Crippen LogP contribution >= 0.6 is 0 Å². The van der Waals surface area contributed by atoms with E-state index in [2.05, 4.69) is 14.8 Å². The van der Waals surface area contributed by atoms with Gasteiger partial charge in [0, 0.05) is 18.2 Å². The average molecular weight is 389 g/mol. The summed E-state index contributed by atoms with van der Waals surface area (Å²) in [7, 11) is 0. The van der Waals surface area contributed by atoms with Crippen molar-refractivity contribution in [2.24, 2.45) is 0 Å². The molecular weight excluding hydrogens is 376 g/mol. The SMILES string of the molecule is O=C(O)CCNC(=O)c1cc(OCC(F)(F)F)cc(OCC(F)(F)F)c1. The van der Waals surface area contributed by atoms with E-state index >= 15 is 0 Å². The molecule has 0 radical (unpaired) electrons. The summed E-state index contributed by atoms with van der Waals surface area (Å²) in [4.78, 5) is 22.3. The number of nitrogens with one attached hydrogen (secondary N) is 1. The maximum absolute atomic E-state index is 12.2. The van der Waals surface area contributed by atoms with Crippen molar-refractivity contribution >= 4 is 11.9 Å². The highest BCUT2D eigenvalue weighted by atomic mass is 19.4. The number of carbonyl (C=O) groups excluding carboxylic acids is 1. The second-order valence-corrected chi connectivity index (χ2v) is 4.90.